The number of halogens is 3. The van der Waals surface area contributed by atoms with Gasteiger partial charge in [0.05, 0.1) is 17.7 Å². The predicted molar refractivity (Wildman–Crippen MR) is 92.1 cm³/mol. The van der Waals surface area contributed by atoms with Gasteiger partial charge in [-0.25, -0.2) is 4.79 Å². The first-order valence-electron chi connectivity index (χ1n) is 7.97. The van der Waals surface area contributed by atoms with Crippen LogP contribution in [0.2, 0.25) is 0 Å². The van der Waals surface area contributed by atoms with Crippen molar-refractivity contribution in [3.63, 3.8) is 0 Å². The molecule has 0 aliphatic carbocycles. The van der Waals surface area contributed by atoms with Crippen molar-refractivity contribution in [1.82, 2.24) is 0 Å². The molecule has 0 saturated carbocycles. The van der Waals surface area contributed by atoms with E-state index < -0.39 is 29.7 Å². The molecule has 1 N–H and O–H groups in total. The number of ether oxygens (including phenoxy) is 2. The maximum atomic E-state index is 12.5. The highest BCUT2D eigenvalue weighted by Gasteiger charge is 2.30. The molecular formula is C19H18F3NO4. The standard InChI is InChI=1S/C19H18F3NO4/c1-12(27-18(25)14-5-3-4-13(10-14)11-26-2)17(24)23-16-8-6-15(7-9-16)19(20,21)22/h3-10,12H,11H2,1-2H3,(H,23,24)/t12-/m1/s1. The number of rotatable bonds is 6. The average Bonchev–Trinajstić information content (AvgIpc) is 2.62. The number of nitrogens with one attached hydrogen (secondary N) is 1. The van der Waals surface area contributed by atoms with E-state index in [2.05, 4.69) is 5.32 Å². The number of anilines is 1. The van der Waals surface area contributed by atoms with Crippen LogP contribution in [0, 0.1) is 0 Å². The third kappa shape index (κ3) is 5.82. The normalized spacial score (nSPS) is 12.3. The SMILES string of the molecule is COCc1cccc(C(=O)O[C@H](C)C(=O)Nc2ccc(C(F)(F)F)cc2)c1. The van der Waals surface area contributed by atoms with Crippen LogP contribution < -0.4 is 5.32 Å². The summed E-state index contributed by atoms with van der Waals surface area (Å²) in [5.74, 6) is -1.35. The van der Waals surface area contributed by atoms with Crippen LogP contribution in [0.4, 0.5) is 18.9 Å². The van der Waals surface area contributed by atoms with E-state index in [1.807, 2.05) is 0 Å². The molecule has 0 unspecified atom stereocenters. The average molecular weight is 381 g/mol. The molecule has 1 amide bonds. The lowest BCUT2D eigenvalue weighted by molar-refractivity contribution is -0.137. The summed E-state index contributed by atoms with van der Waals surface area (Å²) in [6, 6.07) is 10.5. The van der Waals surface area contributed by atoms with Crippen molar-refractivity contribution in [3.8, 4) is 0 Å². The number of alkyl halides is 3. The van der Waals surface area contributed by atoms with Gasteiger partial charge in [-0.1, -0.05) is 12.1 Å². The zero-order chi connectivity index (χ0) is 20.0. The van der Waals surface area contributed by atoms with Gasteiger partial charge in [-0.2, -0.15) is 13.2 Å². The Bertz CT molecular complexity index is 803. The number of methoxy groups -OCH3 is 1. The van der Waals surface area contributed by atoms with Gasteiger partial charge in [0, 0.05) is 12.8 Å². The molecule has 0 saturated heterocycles. The van der Waals surface area contributed by atoms with Crippen LogP contribution in [0.25, 0.3) is 0 Å². The van der Waals surface area contributed by atoms with E-state index in [4.69, 9.17) is 9.47 Å². The monoisotopic (exact) mass is 381 g/mol. The molecule has 0 radical (unpaired) electrons. The number of amides is 1. The maximum Gasteiger partial charge on any atom is 0.416 e. The third-order valence-corrected chi connectivity index (χ3v) is 3.61. The summed E-state index contributed by atoms with van der Waals surface area (Å²) in [4.78, 5) is 24.3. The summed E-state index contributed by atoms with van der Waals surface area (Å²) in [7, 11) is 1.53. The quantitative estimate of drug-likeness (QED) is 0.768. The molecule has 0 spiro atoms. The lowest BCUT2D eigenvalue weighted by Gasteiger charge is -2.14. The van der Waals surface area contributed by atoms with Gasteiger partial charge in [0.1, 0.15) is 0 Å². The summed E-state index contributed by atoms with van der Waals surface area (Å²) >= 11 is 0. The van der Waals surface area contributed by atoms with Crippen LogP contribution in [0.5, 0.6) is 0 Å². The van der Waals surface area contributed by atoms with Crippen LogP contribution in [-0.4, -0.2) is 25.1 Å². The molecular weight excluding hydrogens is 363 g/mol. The molecule has 0 bridgehead atoms. The second kappa shape index (κ2) is 8.68. The van der Waals surface area contributed by atoms with E-state index in [1.165, 1.54) is 14.0 Å². The number of hydrogen-bond acceptors (Lipinski definition) is 4. The number of hydrogen-bond donors (Lipinski definition) is 1. The molecule has 0 aliphatic rings. The van der Waals surface area contributed by atoms with Crippen LogP contribution in [-0.2, 0) is 27.1 Å². The molecule has 2 aromatic carbocycles. The van der Waals surface area contributed by atoms with Crippen LogP contribution in [0.3, 0.4) is 0 Å². The van der Waals surface area contributed by atoms with Gasteiger partial charge >= 0.3 is 12.1 Å². The maximum absolute atomic E-state index is 12.5. The lowest BCUT2D eigenvalue weighted by Crippen LogP contribution is -2.30. The zero-order valence-corrected chi connectivity index (χ0v) is 14.7. The van der Waals surface area contributed by atoms with E-state index >= 15 is 0 Å². The van der Waals surface area contributed by atoms with Gasteiger partial charge in [-0.3, -0.25) is 4.79 Å². The number of benzene rings is 2. The Balaban J connectivity index is 1.97. The van der Waals surface area contributed by atoms with E-state index in [1.54, 1.807) is 24.3 Å². The zero-order valence-electron chi connectivity index (χ0n) is 14.7. The van der Waals surface area contributed by atoms with Crippen molar-refractivity contribution in [1.29, 1.82) is 0 Å². The van der Waals surface area contributed by atoms with Gasteiger partial charge < -0.3 is 14.8 Å². The van der Waals surface area contributed by atoms with Gasteiger partial charge in [-0.05, 0) is 48.9 Å². The van der Waals surface area contributed by atoms with E-state index in [-0.39, 0.29) is 11.3 Å². The van der Waals surface area contributed by atoms with Crippen molar-refractivity contribution in [3.05, 3.63) is 65.2 Å². The van der Waals surface area contributed by atoms with Crippen LogP contribution in [0.1, 0.15) is 28.4 Å². The Kier molecular flexibility index (Phi) is 6.57. The molecule has 2 rings (SSSR count). The first-order chi connectivity index (χ1) is 12.7. The minimum absolute atomic E-state index is 0.165. The van der Waals surface area contributed by atoms with Gasteiger partial charge in [0.2, 0.25) is 0 Å². The highest BCUT2D eigenvalue weighted by molar-refractivity contribution is 5.97. The van der Waals surface area contributed by atoms with Crippen molar-refractivity contribution < 1.29 is 32.2 Å². The Labute approximate surface area is 154 Å². The summed E-state index contributed by atoms with van der Waals surface area (Å²) in [5, 5.41) is 2.41. The molecule has 27 heavy (non-hydrogen) atoms. The first kappa shape index (κ1) is 20.4. The van der Waals surface area contributed by atoms with Crippen LogP contribution >= 0.6 is 0 Å². The fourth-order valence-corrected chi connectivity index (χ4v) is 2.22. The highest BCUT2D eigenvalue weighted by Crippen LogP contribution is 2.29. The minimum Gasteiger partial charge on any atom is -0.449 e. The second-order valence-corrected chi connectivity index (χ2v) is 5.75. The van der Waals surface area contributed by atoms with Crippen molar-refractivity contribution in [2.24, 2.45) is 0 Å². The molecule has 0 aliphatic heterocycles. The number of carbonyl (C=O) groups is 2. The molecule has 0 aromatic heterocycles. The minimum atomic E-state index is -4.46. The lowest BCUT2D eigenvalue weighted by atomic mass is 10.1. The molecule has 2 aromatic rings. The third-order valence-electron chi connectivity index (χ3n) is 3.61. The Morgan fingerprint density at radius 2 is 1.78 bits per heavy atom. The van der Waals surface area contributed by atoms with Gasteiger partial charge in [0.15, 0.2) is 6.10 Å². The number of esters is 1. The summed E-state index contributed by atoms with van der Waals surface area (Å²) in [6.45, 7) is 1.70. The molecule has 0 heterocycles. The second-order valence-electron chi connectivity index (χ2n) is 5.75. The fraction of sp³-hybridized carbons (Fsp3) is 0.263. The Hall–Kier alpha value is -2.87. The van der Waals surface area contributed by atoms with Crippen molar-refractivity contribution >= 4 is 17.6 Å². The molecule has 1 atom stereocenters. The Morgan fingerprint density at radius 1 is 1.11 bits per heavy atom. The molecule has 8 heteroatoms. The van der Waals surface area contributed by atoms with E-state index in [0.29, 0.717) is 6.61 Å². The van der Waals surface area contributed by atoms with Crippen molar-refractivity contribution in [2.45, 2.75) is 25.8 Å². The highest BCUT2D eigenvalue weighted by atomic mass is 19.4. The van der Waals surface area contributed by atoms with E-state index in [0.717, 1.165) is 29.8 Å². The van der Waals surface area contributed by atoms with E-state index in [9.17, 15) is 22.8 Å². The summed E-state index contributed by atoms with van der Waals surface area (Å²) < 4.78 is 47.7. The molecule has 0 fully saturated rings. The smallest absolute Gasteiger partial charge is 0.416 e. The predicted octanol–water partition coefficient (Wildman–Crippen LogP) is 4.04. The molecule has 144 valence electrons. The molecule has 5 nitrogen and oxygen atoms in total. The fourth-order valence-electron chi connectivity index (χ4n) is 2.22. The van der Waals surface area contributed by atoms with Gasteiger partial charge in [-0.15, -0.1) is 0 Å². The first-order valence-corrected chi connectivity index (χ1v) is 7.97. The van der Waals surface area contributed by atoms with Crippen LogP contribution in [0.15, 0.2) is 48.5 Å². The number of carbonyl (C=O) groups excluding carboxylic acids is 2. The Morgan fingerprint density at radius 3 is 2.37 bits per heavy atom. The largest absolute Gasteiger partial charge is 0.449 e. The summed E-state index contributed by atoms with van der Waals surface area (Å²) in [6.07, 6.45) is -5.59. The topological polar surface area (TPSA) is 64.6 Å². The van der Waals surface area contributed by atoms with Crippen molar-refractivity contribution in [2.75, 3.05) is 12.4 Å². The summed E-state index contributed by atoms with van der Waals surface area (Å²) in [5.41, 5.74) is 0.376. The van der Waals surface area contributed by atoms with Gasteiger partial charge in [0.25, 0.3) is 5.91 Å².